The van der Waals surface area contributed by atoms with Crippen LogP contribution in [0, 0.1) is 11.8 Å². The summed E-state index contributed by atoms with van der Waals surface area (Å²) in [6.45, 7) is 0. The molecule has 2 heterocycles. The predicted octanol–water partition coefficient (Wildman–Crippen LogP) is 3.62. The van der Waals surface area contributed by atoms with Crippen molar-refractivity contribution in [3.05, 3.63) is 71.0 Å². The number of hydrogen-bond donors (Lipinski definition) is 3. The summed E-state index contributed by atoms with van der Waals surface area (Å²) in [7, 11) is 4.61. The Labute approximate surface area is 185 Å². The first-order valence-electron chi connectivity index (χ1n) is 9.85. The highest BCUT2D eigenvalue weighted by Crippen LogP contribution is 2.37. The van der Waals surface area contributed by atoms with Crippen LogP contribution in [0.3, 0.4) is 0 Å². The molecule has 0 radical (unpaired) electrons. The molecule has 162 valence electrons. The second-order valence-corrected chi connectivity index (χ2v) is 6.95. The fourth-order valence-corrected chi connectivity index (χ4v) is 3.65. The summed E-state index contributed by atoms with van der Waals surface area (Å²) in [5.41, 5.74) is 3.57. The number of aliphatic hydroxyl groups excluding tert-OH is 1. The molecule has 0 saturated heterocycles. The van der Waals surface area contributed by atoms with Gasteiger partial charge < -0.3 is 29.6 Å². The van der Waals surface area contributed by atoms with Gasteiger partial charge in [0.15, 0.2) is 11.5 Å². The SMILES string of the molecule is COc1cc[nH]c1C=C1C(=O)Nc2cccc(C#CC(O)c3cccc(OC)c3OC)c21. The number of para-hydroxylation sites is 1. The highest BCUT2D eigenvalue weighted by Gasteiger charge is 2.27. The van der Waals surface area contributed by atoms with E-state index >= 15 is 0 Å². The number of fused-ring (bicyclic) bond motifs is 1. The lowest BCUT2D eigenvalue weighted by atomic mass is 9.99. The van der Waals surface area contributed by atoms with Crippen LogP contribution in [0.2, 0.25) is 0 Å². The summed E-state index contributed by atoms with van der Waals surface area (Å²) in [5.74, 6) is 7.20. The van der Waals surface area contributed by atoms with Crippen molar-refractivity contribution in [1.29, 1.82) is 0 Å². The third kappa shape index (κ3) is 3.80. The zero-order valence-electron chi connectivity index (χ0n) is 17.9. The quantitative estimate of drug-likeness (QED) is 0.425. The fraction of sp³-hybridized carbons (Fsp3) is 0.160. The molecular weight excluding hydrogens is 408 g/mol. The van der Waals surface area contributed by atoms with Gasteiger partial charge in [0.25, 0.3) is 5.91 Å². The molecule has 0 bridgehead atoms. The number of rotatable bonds is 5. The van der Waals surface area contributed by atoms with Crippen LogP contribution in [0.5, 0.6) is 17.2 Å². The Kier molecular flexibility index (Phi) is 5.88. The maximum Gasteiger partial charge on any atom is 0.256 e. The van der Waals surface area contributed by atoms with Crippen molar-refractivity contribution in [3.8, 4) is 29.1 Å². The number of nitrogens with one attached hydrogen (secondary N) is 2. The zero-order chi connectivity index (χ0) is 22.7. The molecule has 3 aromatic rings. The van der Waals surface area contributed by atoms with Crippen molar-refractivity contribution >= 4 is 23.2 Å². The normalized spacial score (nSPS) is 14.2. The number of benzene rings is 2. The second-order valence-electron chi connectivity index (χ2n) is 6.95. The zero-order valence-corrected chi connectivity index (χ0v) is 17.9. The summed E-state index contributed by atoms with van der Waals surface area (Å²) in [4.78, 5) is 15.7. The first-order valence-corrected chi connectivity index (χ1v) is 9.85. The van der Waals surface area contributed by atoms with Crippen LogP contribution in [0.25, 0.3) is 11.6 Å². The van der Waals surface area contributed by atoms with Crippen molar-refractivity contribution in [2.45, 2.75) is 6.10 Å². The molecule has 0 saturated carbocycles. The largest absolute Gasteiger partial charge is 0.495 e. The molecule has 1 aliphatic heterocycles. The van der Waals surface area contributed by atoms with Crippen molar-refractivity contribution in [2.24, 2.45) is 0 Å². The second kappa shape index (κ2) is 8.92. The Morgan fingerprint density at radius 2 is 1.78 bits per heavy atom. The molecule has 3 N–H and O–H groups in total. The van der Waals surface area contributed by atoms with Crippen LogP contribution in [0.4, 0.5) is 5.69 Å². The number of aromatic amines is 1. The van der Waals surface area contributed by atoms with Gasteiger partial charge in [0, 0.05) is 22.9 Å². The lowest BCUT2D eigenvalue weighted by molar-refractivity contribution is -0.110. The van der Waals surface area contributed by atoms with Gasteiger partial charge in [-0.3, -0.25) is 4.79 Å². The molecule has 32 heavy (non-hydrogen) atoms. The maximum absolute atomic E-state index is 12.7. The molecule has 1 unspecified atom stereocenters. The summed E-state index contributed by atoms with van der Waals surface area (Å²) in [6, 6.07) is 12.4. The Bertz CT molecular complexity index is 1260. The Morgan fingerprint density at radius 1 is 1.00 bits per heavy atom. The van der Waals surface area contributed by atoms with Crippen LogP contribution in [0.1, 0.15) is 28.5 Å². The number of amides is 1. The topological polar surface area (TPSA) is 92.8 Å². The molecule has 1 aliphatic rings. The molecule has 0 spiro atoms. The first kappa shape index (κ1) is 21.1. The van der Waals surface area contributed by atoms with Crippen molar-refractivity contribution in [3.63, 3.8) is 0 Å². The molecule has 2 aromatic carbocycles. The van der Waals surface area contributed by atoms with Gasteiger partial charge in [-0.1, -0.05) is 30.0 Å². The minimum Gasteiger partial charge on any atom is -0.495 e. The van der Waals surface area contributed by atoms with Gasteiger partial charge in [0.1, 0.15) is 11.9 Å². The van der Waals surface area contributed by atoms with Gasteiger partial charge in [-0.05, 0) is 30.3 Å². The van der Waals surface area contributed by atoms with E-state index in [1.807, 2.05) is 6.07 Å². The van der Waals surface area contributed by atoms with E-state index in [9.17, 15) is 9.90 Å². The number of carbonyl (C=O) groups excluding carboxylic acids is 1. The van der Waals surface area contributed by atoms with Crippen molar-refractivity contribution in [2.75, 3.05) is 26.6 Å². The number of aromatic nitrogens is 1. The van der Waals surface area contributed by atoms with Gasteiger partial charge in [0.05, 0.1) is 38.3 Å². The summed E-state index contributed by atoms with van der Waals surface area (Å²) in [5, 5.41) is 13.6. The van der Waals surface area contributed by atoms with E-state index in [-0.39, 0.29) is 5.91 Å². The monoisotopic (exact) mass is 430 g/mol. The van der Waals surface area contributed by atoms with Crippen LogP contribution in [-0.2, 0) is 4.79 Å². The molecule has 1 aromatic heterocycles. The van der Waals surface area contributed by atoms with E-state index in [1.54, 1.807) is 55.8 Å². The summed E-state index contributed by atoms with van der Waals surface area (Å²) < 4.78 is 16.0. The highest BCUT2D eigenvalue weighted by atomic mass is 16.5. The number of anilines is 1. The van der Waals surface area contributed by atoms with E-state index in [2.05, 4.69) is 22.1 Å². The first-order chi connectivity index (χ1) is 15.6. The lowest BCUT2D eigenvalue weighted by Crippen LogP contribution is -2.03. The molecule has 1 amide bonds. The molecule has 7 nitrogen and oxygen atoms in total. The third-order valence-corrected chi connectivity index (χ3v) is 5.15. The van der Waals surface area contributed by atoms with Crippen LogP contribution < -0.4 is 19.5 Å². The van der Waals surface area contributed by atoms with E-state index < -0.39 is 6.10 Å². The van der Waals surface area contributed by atoms with Crippen LogP contribution in [0.15, 0.2) is 48.7 Å². The standard InChI is InChI=1S/C25H22N2O5/c1-30-21-12-13-26-19(21)14-17-23-15(6-4-8-18(23)27-25(17)29)10-11-20(28)16-7-5-9-22(31-2)24(16)32-3/h4-9,12-14,20,26,28H,1-3H3,(H,27,29). The van der Waals surface area contributed by atoms with E-state index in [0.29, 0.717) is 50.9 Å². The molecule has 7 heteroatoms. The van der Waals surface area contributed by atoms with Crippen molar-refractivity contribution < 1.29 is 24.1 Å². The molecule has 4 rings (SSSR count). The predicted molar refractivity (Wildman–Crippen MR) is 122 cm³/mol. The van der Waals surface area contributed by atoms with E-state index in [1.165, 1.54) is 14.2 Å². The van der Waals surface area contributed by atoms with Crippen molar-refractivity contribution in [1.82, 2.24) is 4.98 Å². The van der Waals surface area contributed by atoms with Gasteiger partial charge in [0.2, 0.25) is 0 Å². The Morgan fingerprint density at radius 3 is 2.53 bits per heavy atom. The van der Waals surface area contributed by atoms with Crippen LogP contribution >= 0.6 is 0 Å². The third-order valence-electron chi connectivity index (χ3n) is 5.15. The van der Waals surface area contributed by atoms with Gasteiger partial charge >= 0.3 is 0 Å². The van der Waals surface area contributed by atoms with Gasteiger partial charge in [-0.15, -0.1) is 0 Å². The molecular formula is C25H22N2O5. The number of ether oxygens (including phenoxy) is 3. The maximum atomic E-state index is 12.7. The van der Waals surface area contributed by atoms with E-state index in [4.69, 9.17) is 14.2 Å². The smallest absolute Gasteiger partial charge is 0.256 e. The Hall–Kier alpha value is -4.15. The average Bonchev–Trinajstić information content (AvgIpc) is 3.40. The van der Waals surface area contributed by atoms with Gasteiger partial charge in [-0.2, -0.15) is 0 Å². The average molecular weight is 430 g/mol. The van der Waals surface area contributed by atoms with Crippen LogP contribution in [-0.4, -0.2) is 37.3 Å². The summed E-state index contributed by atoms with van der Waals surface area (Å²) in [6.07, 6.45) is 2.35. The Balaban J connectivity index is 1.75. The molecule has 1 atom stereocenters. The lowest BCUT2D eigenvalue weighted by Gasteiger charge is -2.13. The minimum absolute atomic E-state index is 0.235. The van der Waals surface area contributed by atoms with Gasteiger partial charge in [-0.25, -0.2) is 0 Å². The minimum atomic E-state index is -1.11. The number of methoxy groups -OCH3 is 3. The summed E-state index contributed by atoms with van der Waals surface area (Å²) >= 11 is 0. The fourth-order valence-electron chi connectivity index (χ4n) is 3.65. The number of H-pyrrole nitrogens is 1. The molecule has 0 fully saturated rings. The number of carbonyl (C=O) groups is 1. The molecule has 0 aliphatic carbocycles. The van der Waals surface area contributed by atoms with E-state index in [0.717, 1.165) is 0 Å². The number of aliphatic hydroxyl groups is 1. The highest BCUT2D eigenvalue weighted by molar-refractivity contribution is 6.35. The number of hydrogen-bond acceptors (Lipinski definition) is 5.